The minimum absolute atomic E-state index is 0.316. The molecule has 4 N–H and O–H groups in total. The van der Waals surface area contributed by atoms with Gasteiger partial charge < -0.3 is 20.8 Å². The van der Waals surface area contributed by atoms with Crippen LogP contribution in [0.2, 0.25) is 0 Å². The number of β-amino-alcohol motifs (C(OH)–C–C–N with tert-alkyl or cyclic N) is 2. The van der Waals surface area contributed by atoms with Crippen molar-refractivity contribution in [1.82, 2.24) is 0 Å². The zero-order valence-corrected chi connectivity index (χ0v) is 9.02. The Kier molecular flexibility index (Phi) is 2.73. The van der Waals surface area contributed by atoms with Crippen LogP contribution in [-0.2, 0) is 0 Å². The molecular weight excluding hydrogens is 211 g/mol. The maximum Gasteiger partial charge on any atom is 0.128 e. The lowest BCUT2D eigenvalue weighted by Crippen LogP contribution is -2.22. The average molecular weight is 226 g/mol. The second-order valence-electron chi connectivity index (χ2n) is 4.20. The summed E-state index contributed by atoms with van der Waals surface area (Å²) < 4.78 is 13.2. The molecule has 2 rings (SSSR count). The normalized spacial score (nSPS) is 25.1. The van der Waals surface area contributed by atoms with Crippen LogP contribution in [0.5, 0.6) is 0 Å². The summed E-state index contributed by atoms with van der Waals surface area (Å²) in [7, 11) is 0. The van der Waals surface area contributed by atoms with E-state index in [4.69, 9.17) is 5.73 Å². The number of hydrogen-bond acceptors (Lipinski definition) is 4. The Balaban J connectivity index is 2.31. The molecule has 1 saturated heterocycles. The smallest absolute Gasteiger partial charge is 0.128 e. The van der Waals surface area contributed by atoms with Gasteiger partial charge in [0.25, 0.3) is 0 Å². The molecule has 0 saturated carbocycles. The first-order valence-electron chi connectivity index (χ1n) is 5.15. The van der Waals surface area contributed by atoms with E-state index in [9.17, 15) is 14.6 Å². The van der Waals surface area contributed by atoms with Crippen molar-refractivity contribution in [2.24, 2.45) is 0 Å². The molecule has 1 aromatic carbocycles. The Morgan fingerprint density at radius 3 is 2.44 bits per heavy atom. The van der Waals surface area contributed by atoms with Crippen molar-refractivity contribution < 1.29 is 14.6 Å². The highest BCUT2D eigenvalue weighted by molar-refractivity contribution is 5.69. The molecule has 16 heavy (non-hydrogen) atoms. The minimum atomic E-state index is -0.773. The number of aliphatic hydroxyl groups is 2. The van der Waals surface area contributed by atoms with E-state index in [0.717, 1.165) is 0 Å². The highest BCUT2D eigenvalue weighted by Gasteiger charge is 2.30. The summed E-state index contributed by atoms with van der Waals surface area (Å²) >= 11 is 0. The van der Waals surface area contributed by atoms with E-state index in [-0.39, 0.29) is 5.82 Å². The molecule has 1 aliphatic heterocycles. The molecule has 2 atom stereocenters. The minimum Gasteiger partial charge on any atom is -0.397 e. The Bertz CT molecular complexity index is 401. The zero-order valence-electron chi connectivity index (χ0n) is 9.02. The van der Waals surface area contributed by atoms with Gasteiger partial charge in [-0.3, -0.25) is 0 Å². The van der Waals surface area contributed by atoms with E-state index in [2.05, 4.69) is 0 Å². The Hall–Kier alpha value is -1.33. The Labute approximate surface area is 93.1 Å². The number of nitrogen functional groups attached to an aromatic ring is 1. The molecule has 0 amide bonds. The summed E-state index contributed by atoms with van der Waals surface area (Å²) in [5, 5.41) is 18.9. The van der Waals surface area contributed by atoms with Gasteiger partial charge in [-0.05, 0) is 24.6 Å². The van der Waals surface area contributed by atoms with Crippen LogP contribution in [0.1, 0.15) is 5.56 Å². The fraction of sp³-hybridized carbons (Fsp3) is 0.455. The third kappa shape index (κ3) is 1.83. The average Bonchev–Trinajstić information content (AvgIpc) is 2.53. The van der Waals surface area contributed by atoms with Gasteiger partial charge in [-0.1, -0.05) is 0 Å². The summed E-state index contributed by atoms with van der Waals surface area (Å²) in [4.78, 5) is 1.76. The maximum absolute atomic E-state index is 13.2. The number of benzene rings is 1. The second kappa shape index (κ2) is 3.92. The number of nitrogens with two attached hydrogens (primary N) is 1. The highest BCUT2D eigenvalue weighted by atomic mass is 19.1. The molecule has 0 bridgehead atoms. The van der Waals surface area contributed by atoms with Crippen molar-refractivity contribution in [3.05, 3.63) is 23.5 Å². The van der Waals surface area contributed by atoms with Gasteiger partial charge in [0.15, 0.2) is 0 Å². The molecule has 1 fully saturated rings. The number of hydrogen-bond donors (Lipinski definition) is 3. The first kappa shape index (κ1) is 11.2. The molecule has 1 aliphatic rings. The lowest BCUT2D eigenvalue weighted by molar-refractivity contribution is 0.0572. The van der Waals surface area contributed by atoms with Crippen molar-refractivity contribution in [3.63, 3.8) is 0 Å². The predicted molar refractivity (Wildman–Crippen MR) is 59.8 cm³/mol. The van der Waals surface area contributed by atoms with E-state index in [1.807, 2.05) is 0 Å². The molecule has 5 heteroatoms. The van der Waals surface area contributed by atoms with E-state index in [1.54, 1.807) is 17.9 Å². The van der Waals surface area contributed by atoms with Gasteiger partial charge >= 0.3 is 0 Å². The number of halogens is 1. The van der Waals surface area contributed by atoms with Gasteiger partial charge in [0.2, 0.25) is 0 Å². The van der Waals surface area contributed by atoms with Crippen LogP contribution in [-0.4, -0.2) is 35.5 Å². The largest absolute Gasteiger partial charge is 0.397 e. The van der Waals surface area contributed by atoms with E-state index in [1.165, 1.54) is 6.07 Å². The molecule has 0 aromatic heterocycles. The van der Waals surface area contributed by atoms with Crippen LogP contribution in [0.15, 0.2) is 12.1 Å². The van der Waals surface area contributed by atoms with Crippen LogP contribution < -0.4 is 10.6 Å². The van der Waals surface area contributed by atoms with Gasteiger partial charge in [0.1, 0.15) is 5.82 Å². The first-order chi connectivity index (χ1) is 7.49. The van der Waals surface area contributed by atoms with Gasteiger partial charge in [-0.15, -0.1) is 0 Å². The van der Waals surface area contributed by atoms with E-state index < -0.39 is 12.2 Å². The molecule has 88 valence electrons. The highest BCUT2D eigenvalue weighted by Crippen LogP contribution is 2.29. The second-order valence-corrected chi connectivity index (χ2v) is 4.20. The molecule has 2 unspecified atom stereocenters. The molecule has 0 spiro atoms. The first-order valence-corrected chi connectivity index (χ1v) is 5.15. The number of nitrogens with zero attached hydrogens (tertiary/aromatic N) is 1. The summed E-state index contributed by atoms with van der Waals surface area (Å²) in [6.07, 6.45) is -1.55. The van der Waals surface area contributed by atoms with Crippen molar-refractivity contribution in [3.8, 4) is 0 Å². The molecule has 1 heterocycles. The number of aryl methyl sites for hydroxylation is 1. The molecule has 1 aromatic rings. The molecule has 4 nitrogen and oxygen atoms in total. The molecular formula is C11H15FN2O2. The van der Waals surface area contributed by atoms with Crippen molar-refractivity contribution in [2.75, 3.05) is 23.7 Å². The van der Waals surface area contributed by atoms with Gasteiger partial charge in [-0.25, -0.2) is 4.39 Å². The van der Waals surface area contributed by atoms with Crippen LogP contribution >= 0.6 is 0 Å². The SMILES string of the molecule is Cc1cc(N2CC(O)C(O)C2)c(N)cc1F. The molecule has 0 aliphatic carbocycles. The Morgan fingerprint density at radius 2 is 1.88 bits per heavy atom. The lowest BCUT2D eigenvalue weighted by Gasteiger charge is -2.20. The number of anilines is 2. The Morgan fingerprint density at radius 1 is 1.31 bits per heavy atom. The zero-order chi connectivity index (χ0) is 11.9. The van der Waals surface area contributed by atoms with Crippen molar-refractivity contribution in [2.45, 2.75) is 19.1 Å². The van der Waals surface area contributed by atoms with Gasteiger partial charge in [0.05, 0.1) is 23.6 Å². The standard InChI is InChI=1S/C11H15FN2O2/c1-6-2-9(8(13)3-7(6)12)14-4-10(15)11(16)5-14/h2-3,10-11,15-16H,4-5,13H2,1H3. The third-order valence-corrected chi connectivity index (χ3v) is 2.91. The number of aliphatic hydroxyl groups excluding tert-OH is 2. The monoisotopic (exact) mass is 226 g/mol. The fourth-order valence-electron chi connectivity index (χ4n) is 1.92. The van der Waals surface area contributed by atoms with Gasteiger partial charge in [0, 0.05) is 13.1 Å². The fourth-order valence-corrected chi connectivity index (χ4v) is 1.92. The van der Waals surface area contributed by atoms with Crippen LogP contribution in [0, 0.1) is 12.7 Å². The van der Waals surface area contributed by atoms with E-state index in [0.29, 0.717) is 30.0 Å². The molecule has 0 radical (unpaired) electrons. The third-order valence-electron chi connectivity index (χ3n) is 2.91. The number of rotatable bonds is 1. The summed E-state index contributed by atoms with van der Waals surface area (Å²) in [6.45, 7) is 2.29. The van der Waals surface area contributed by atoms with E-state index >= 15 is 0 Å². The summed E-state index contributed by atoms with van der Waals surface area (Å²) in [5.74, 6) is -0.346. The quantitative estimate of drug-likeness (QED) is 0.601. The van der Waals surface area contributed by atoms with Crippen LogP contribution in [0.4, 0.5) is 15.8 Å². The van der Waals surface area contributed by atoms with Crippen LogP contribution in [0.3, 0.4) is 0 Å². The lowest BCUT2D eigenvalue weighted by atomic mass is 10.1. The predicted octanol–water partition coefficient (Wildman–Crippen LogP) is 0.258. The van der Waals surface area contributed by atoms with Gasteiger partial charge in [-0.2, -0.15) is 0 Å². The topological polar surface area (TPSA) is 69.7 Å². The summed E-state index contributed by atoms with van der Waals surface area (Å²) in [6, 6.07) is 2.90. The summed E-state index contributed by atoms with van der Waals surface area (Å²) in [5.41, 5.74) is 7.20. The van der Waals surface area contributed by atoms with Crippen LogP contribution in [0.25, 0.3) is 0 Å². The van der Waals surface area contributed by atoms with Crippen molar-refractivity contribution >= 4 is 11.4 Å². The maximum atomic E-state index is 13.2. The van der Waals surface area contributed by atoms with Crippen molar-refractivity contribution in [1.29, 1.82) is 0 Å².